The molecular weight excluding hydrogens is 251 g/mol. The summed E-state index contributed by atoms with van der Waals surface area (Å²) in [5.41, 5.74) is 1.10. The normalized spacial score (nSPS) is 12.2. The smallest absolute Gasteiger partial charge is 0.335 e. The Morgan fingerprint density at radius 2 is 1.30 bits per heavy atom. The molecule has 0 saturated carbocycles. The van der Waals surface area contributed by atoms with Gasteiger partial charge in [0.25, 0.3) is 0 Å². The van der Waals surface area contributed by atoms with Gasteiger partial charge in [-0.2, -0.15) is 0 Å². The van der Waals surface area contributed by atoms with E-state index in [4.69, 9.17) is 5.11 Å². The number of ketones is 2. The number of rotatable bonds is 1. The third-order valence-corrected chi connectivity index (χ3v) is 3.17. The molecule has 20 heavy (non-hydrogen) atoms. The minimum absolute atomic E-state index is 0. The van der Waals surface area contributed by atoms with Gasteiger partial charge < -0.3 is 5.11 Å². The van der Waals surface area contributed by atoms with Crippen LogP contribution in [0.4, 0.5) is 0 Å². The number of fused-ring (bicyclic) bond motifs is 2. The third kappa shape index (κ3) is 1.99. The fourth-order valence-corrected chi connectivity index (χ4v) is 2.23. The summed E-state index contributed by atoms with van der Waals surface area (Å²) in [5, 5.41) is 8.94. The molecule has 1 radical (unpaired) electrons. The van der Waals surface area contributed by atoms with Crippen LogP contribution in [0.15, 0.2) is 42.5 Å². The summed E-state index contributed by atoms with van der Waals surface area (Å²) in [5.74, 6) is -1.68. The number of carbonyl (C=O) groups excluding carboxylic acids is 2. The SMILES string of the molecule is O=C(O)c1ccc2c(c1)C(=O)c1ccccc1C2=O.[Li]. The number of carboxylic acid groups (broad SMARTS) is 1. The van der Waals surface area contributed by atoms with Gasteiger partial charge in [0.15, 0.2) is 11.6 Å². The summed E-state index contributed by atoms with van der Waals surface area (Å²) in [6.07, 6.45) is 0. The van der Waals surface area contributed by atoms with Gasteiger partial charge in [-0.3, -0.25) is 9.59 Å². The zero-order valence-electron chi connectivity index (χ0n) is 10.7. The van der Waals surface area contributed by atoms with Gasteiger partial charge in [0.2, 0.25) is 0 Å². The van der Waals surface area contributed by atoms with Gasteiger partial charge in [0, 0.05) is 41.1 Å². The number of benzene rings is 2. The first kappa shape index (κ1) is 14.3. The van der Waals surface area contributed by atoms with Crippen LogP contribution in [0, 0.1) is 0 Å². The van der Waals surface area contributed by atoms with Gasteiger partial charge in [0.05, 0.1) is 5.56 Å². The Morgan fingerprint density at radius 1 is 0.800 bits per heavy atom. The summed E-state index contributed by atoms with van der Waals surface area (Å²) in [6, 6.07) is 10.5. The largest absolute Gasteiger partial charge is 0.478 e. The zero-order valence-corrected chi connectivity index (χ0v) is 10.7. The van der Waals surface area contributed by atoms with Crippen LogP contribution >= 0.6 is 0 Å². The summed E-state index contributed by atoms with van der Waals surface area (Å²) < 4.78 is 0. The second-order valence-electron chi connectivity index (χ2n) is 4.27. The van der Waals surface area contributed by atoms with Crippen molar-refractivity contribution in [2.75, 3.05) is 0 Å². The maximum absolute atomic E-state index is 12.3. The Morgan fingerprint density at radius 3 is 1.85 bits per heavy atom. The van der Waals surface area contributed by atoms with E-state index in [0.29, 0.717) is 11.1 Å². The predicted octanol–water partition coefficient (Wildman–Crippen LogP) is 1.78. The summed E-state index contributed by atoms with van der Waals surface area (Å²) in [4.78, 5) is 35.4. The van der Waals surface area contributed by atoms with E-state index >= 15 is 0 Å². The maximum Gasteiger partial charge on any atom is 0.335 e. The monoisotopic (exact) mass is 259 g/mol. The van der Waals surface area contributed by atoms with E-state index in [9.17, 15) is 14.4 Å². The van der Waals surface area contributed by atoms with Crippen molar-refractivity contribution in [3.63, 3.8) is 0 Å². The number of carbonyl (C=O) groups is 3. The fraction of sp³-hybridized carbons (Fsp3) is 0. The van der Waals surface area contributed by atoms with E-state index < -0.39 is 5.97 Å². The molecule has 0 amide bonds. The van der Waals surface area contributed by atoms with Crippen molar-refractivity contribution < 1.29 is 19.5 Å². The molecule has 3 rings (SSSR count). The molecule has 0 saturated heterocycles. The van der Waals surface area contributed by atoms with Crippen LogP contribution in [0.1, 0.15) is 42.2 Å². The van der Waals surface area contributed by atoms with Crippen LogP contribution in [-0.4, -0.2) is 41.5 Å². The van der Waals surface area contributed by atoms with Crippen LogP contribution in [0.5, 0.6) is 0 Å². The van der Waals surface area contributed by atoms with E-state index in [1.165, 1.54) is 18.2 Å². The maximum atomic E-state index is 12.3. The summed E-state index contributed by atoms with van der Waals surface area (Å²) in [6.45, 7) is 0. The van der Waals surface area contributed by atoms with E-state index in [1.807, 2.05) is 0 Å². The van der Waals surface area contributed by atoms with Crippen LogP contribution in [0.3, 0.4) is 0 Å². The molecule has 0 unspecified atom stereocenters. The molecular formula is C15H8LiO4. The van der Waals surface area contributed by atoms with Crippen molar-refractivity contribution in [1.29, 1.82) is 0 Å². The van der Waals surface area contributed by atoms with Crippen LogP contribution in [0.2, 0.25) is 0 Å². The quantitative estimate of drug-likeness (QED) is 0.676. The van der Waals surface area contributed by atoms with Crippen LogP contribution < -0.4 is 0 Å². The standard InChI is InChI=1S/C15H8O4.Li/c16-13-9-3-1-2-4-10(9)14(17)12-7-8(15(18)19)5-6-11(12)13;/h1-7H,(H,18,19);. The third-order valence-electron chi connectivity index (χ3n) is 3.17. The number of hydrogen-bond acceptors (Lipinski definition) is 3. The number of hydrogen-bond donors (Lipinski definition) is 1. The molecule has 0 atom stereocenters. The first-order valence-electron chi connectivity index (χ1n) is 5.65. The molecule has 0 fully saturated rings. The zero-order chi connectivity index (χ0) is 13.6. The average molecular weight is 259 g/mol. The molecule has 0 spiro atoms. The van der Waals surface area contributed by atoms with Gasteiger partial charge in [-0.25, -0.2) is 4.79 Å². The molecule has 2 aromatic carbocycles. The van der Waals surface area contributed by atoms with Gasteiger partial charge >= 0.3 is 5.97 Å². The Labute approximate surface area is 126 Å². The minimum Gasteiger partial charge on any atom is -0.478 e. The van der Waals surface area contributed by atoms with Crippen molar-refractivity contribution >= 4 is 36.4 Å². The average Bonchev–Trinajstić information content (AvgIpc) is 2.44. The van der Waals surface area contributed by atoms with Gasteiger partial charge in [-0.15, -0.1) is 0 Å². The Hall–Kier alpha value is -2.15. The first-order chi connectivity index (χ1) is 9.09. The molecule has 4 nitrogen and oxygen atoms in total. The predicted molar refractivity (Wildman–Crippen MR) is 72.5 cm³/mol. The van der Waals surface area contributed by atoms with E-state index in [2.05, 4.69) is 0 Å². The Balaban J connectivity index is 0.00000147. The molecule has 0 bridgehead atoms. The van der Waals surface area contributed by atoms with Crippen molar-refractivity contribution in [3.05, 3.63) is 70.3 Å². The molecule has 1 aliphatic rings. The molecule has 93 valence electrons. The topological polar surface area (TPSA) is 71.4 Å². The van der Waals surface area contributed by atoms with Gasteiger partial charge in [-0.1, -0.05) is 24.3 Å². The first-order valence-corrected chi connectivity index (χ1v) is 5.65. The van der Waals surface area contributed by atoms with Crippen LogP contribution in [0.25, 0.3) is 0 Å². The summed E-state index contributed by atoms with van der Waals surface area (Å²) >= 11 is 0. The van der Waals surface area contributed by atoms with Crippen molar-refractivity contribution in [2.45, 2.75) is 0 Å². The second kappa shape index (κ2) is 5.08. The molecule has 0 heterocycles. The fourth-order valence-electron chi connectivity index (χ4n) is 2.23. The van der Waals surface area contributed by atoms with E-state index in [-0.39, 0.29) is 47.1 Å². The number of aromatic carboxylic acids is 1. The van der Waals surface area contributed by atoms with Gasteiger partial charge in [-0.05, 0) is 18.2 Å². The molecule has 2 aromatic rings. The minimum atomic E-state index is -1.12. The molecule has 0 aliphatic heterocycles. The van der Waals surface area contributed by atoms with Crippen molar-refractivity contribution in [3.8, 4) is 0 Å². The molecule has 5 heteroatoms. The molecule has 1 N–H and O–H groups in total. The summed E-state index contributed by atoms with van der Waals surface area (Å²) in [7, 11) is 0. The molecule has 1 aliphatic carbocycles. The number of carboxylic acids is 1. The Bertz CT molecular complexity index is 749. The van der Waals surface area contributed by atoms with Crippen LogP contribution in [-0.2, 0) is 0 Å². The molecule has 0 aromatic heterocycles. The van der Waals surface area contributed by atoms with Crippen molar-refractivity contribution in [2.24, 2.45) is 0 Å². The van der Waals surface area contributed by atoms with Gasteiger partial charge in [0.1, 0.15) is 0 Å². The van der Waals surface area contributed by atoms with E-state index in [1.54, 1.807) is 24.3 Å². The van der Waals surface area contributed by atoms with E-state index in [0.717, 1.165) is 0 Å². The van der Waals surface area contributed by atoms with Crippen molar-refractivity contribution in [1.82, 2.24) is 0 Å². The Kier molecular flexibility index (Phi) is 3.63. The second-order valence-corrected chi connectivity index (χ2v) is 4.27.